The van der Waals surface area contributed by atoms with Crippen LogP contribution < -0.4 is 15.9 Å². The lowest BCUT2D eigenvalue weighted by Gasteiger charge is -2.31. The molecule has 2 atom stereocenters. The minimum Gasteiger partial charge on any atom is -0.465 e. The van der Waals surface area contributed by atoms with E-state index in [1.807, 2.05) is 12.1 Å². The van der Waals surface area contributed by atoms with Crippen LogP contribution in [0.4, 0.5) is 5.82 Å². The lowest BCUT2D eigenvalue weighted by atomic mass is 9.87. The molecule has 0 aliphatic rings. The third-order valence-electron chi connectivity index (χ3n) is 5.97. The Labute approximate surface area is 228 Å². The van der Waals surface area contributed by atoms with E-state index in [4.69, 9.17) is 15.2 Å². The van der Waals surface area contributed by atoms with Gasteiger partial charge in [-0.3, -0.25) is 19.2 Å². The van der Waals surface area contributed by atoms with E-state index in [-0.39, 0.29) is 24.2 Å². The van der Waals surface area contributed by atoms with Crippen LogP contribution in [0.15, 0.2) is 36.9 Å². The molecular weight excluding hydrogens is 521 g/mol. The van der Waals surface area contributed by atoms with E-state index in [1.165, 1.54) is 20.2 Å². The maximum Gasteiger partial charge on any atom is 0.326 e. The Bertz CT molecular complexity index is 1370. The van der Waals surface area contributed by atoms with E-state index in [2.05, 4.69) is 45.9 Å². The average molecular weight is 560 g/mol. The molecule has 0 aliphatic carbocycles. The number of nitrogens with one attached hydrogen (secondary N) is 2. The number of nitrogens with two attached hydrogens (primary N) is 1. The third kappa shape index (κ3) is 7.62. The van der Waals surface area contributed by atoms with E-state index in [9.17, 15) is 14.2 Å². The third-order valence-corrected chi connectivity index (χ3v) is 7.96. The fraction of sp³-hybridized carbons (Fsp3) is 0.500. The number of rotatable bonds is 11. The van der Waals surface area contributed by atoms with Gasteiger partial charge in [0.25, 0.3) is 13.4 Å². The lowest BCUT2D eigenvalue weighted by molar-refractivity contribution is -0.148. The molecule has 0 saturated heterocycles. The second kappa shape index (κ2) is 11.8. The van der Waals surface area contributed by atoms with Crippen LogP contribution >= 0.6 is 7.44 Å². The zero-order valence-corrected chi connectivity index (χ0v) is 24.4. The summed E-state index contributed by atoms with van der Waals surface area (Å²) in [4.78, 5) is 38.1. The molecule has 212 valence electrons. The van der Waals surface area contributed by atoms with Crippen LogP contribution in [0.25, 0.3) is 11.2 Å². The number of fused-ring (bicyclic) bond motifs is 1. The number of carbonyl (C=O) groups is 2. The molecule has 1 aromatic carbocycles. The minimum absolute atomic E-state index is 0.0855. The summed E-state index contributed by atoms with van der Waals surface area (Å²) in [6, 6.07) is 7.08. The Kier molecular flexibility index (Phi) is 9.15. The molecule has 0 bridgehead atoms. The predicted octanol–water partition coefficient (Wildman–Crippen LogP) is 3.62. The van der Waals surface area contributed by atoms with Crippen LogP contribution in [0, 0.1) is 0 Å². The van der Waals surface area contributed by atoms with Crippen molar-refractivity contribution in [2.75, 3.05) is 18.7 Å². The fourth-order valence-electron chi connectivity index (χ4n) is 3.85. The summed E-state index contributed by atoms with van der Waals surface area (Å²) in [5.41, 5.74) is 6.80. The van der Waals surface area contributed by atoms with Crippen LogP contribution in [-0.2, 0) is 30.8 Å². The first-order valence-electron chi connectivity index (χ1n) is 12.7. The van der Waals surface area contributed by atoms with E-state index in [0.717, 1.165) is 5.56 Å². The highest BCUT2D eigenvalue weighted by Gasteiger charge is 2.39. The zero-order valence-electron chi connectivity index (χ0n) is 23.5. The molecule has 3 aromatic rings. The summed E-state index contributed by atoms with van der Waals surface area (Å²) in [7, 11) is -3.83. The van der Waals surface area contributed by atoms with Gasteiger partial charge >= 0.3 is 5.97 Å². The topological polar surface area (TPSA) is 163 Å². The molecule has 0 spiro atoms. The monoisotopic (exact) mass is 559 g/mol. The number of anilines is 1. The minimum atomic E-state index is -3.83. The van der Waals surface area contributed by atoms with Crippen molar-refractivity contribution >= 4 is 36.3 Å². The number of carbonyl (C=O) groups excluding carboxylic acids is 2. The van der Waals surface area contributed by atoms with E-state index < -0.39 is 31.0 Å². The standard InChI is InChI=1S/C26H38N7O5P/c1-8-37-24(35)26(6,7)32-39(36,31-23(34)18-9-11-19(12-10-18)25(3,4)5)16-38-17(2)13-33-15-30-20-21(27)28-14-29-22(20)33/h9-12,14-15,17H,8,13,16H2,1-7H3,(H2,27,28,29)(H2,31,32,34,36)/t17-,39+/m1/s1. The van der Waals surface area contributed by atoms with E-state index in [0.29, 0.717) is 23.3 Å². The van der Waals surface area contributed by atoms with Crippen molar-refractivity contribution < 1.29 is 23.6 Å². The Morgan fingerprint density at radius 1 is 1.10 bits per heavy atom. The Balaban J connectivity index is 1.78. The number of hydrogen-bond acceptors (Lipinski definition) is 9. The Hall–Kier alpha value is -3.34. The molecule has 0 fully saturated rings. The number of hydrogen-bond donors (Lipinski definition) is 3. The highest BCUT2D eigenvalue weighted by molar-refractivity contribution is 7.60. The number of aromatic nitrogens is 4. The highest BCUT2D eigenvalue weighted by Crippen LogP contribution is 2.40. The van der Waals surface area contributed by atoms with Crippen LogP contribution in [0.1, 0.15) is 64.4 Å². The number of imidazole rings is 1. The molecule has 3 rings (SSSR count). The second-order valence-electron chi connectivity index (χ2n) is 10.9. The summed E-state index contributed by atoms with van der Waals surface area (Å²) in [5.74, 6) is -0.903. The Morgan fingerprint density at radius 3 is 2.38 bits per heavy atom. The lowest BCUT2D eigenvalue weighted by Crippen LogP contribution is -2.49. The number of nitrogen functional groups attached to an aromatic ring is 1. The number of esters is 1. The van der Waals surface area contributed by atoms with Crippen LogP contribution in [0.5, 0.6) is 0 Å². The molecule has 0 radical (unpaired) electrons. The molecule has 4 N–H and O–H groups in total. The summed E-state index contributed by atoms with van der Waals surface area (Å²) in [6.07, 6.45) is 2.07. The van der Waals surface area contributed by atoms with Gasteiger partial charge in [-0.15, -0.1) is 0 Å². The van der Waals surface area contributed by atoms with E-state index >= 15 is 0 Å². The van der Waals surface area contributed by atoms with Gasteiger partial charge in [0.2, 0.25) is 0 Å². The molecule has 2 heterocycles. The molecule has 0 saturated carbocycles. The maximum absolute atomic E-state index is 14.1. The van der Waals surface area contributed by atoms with Gasteiger partial charge in [0.1, 0.15) is 23.7 Å². The Morgan fingerprint density at radius 2 is 1.77 bits per heavy atom. The number of amides is 1. The van der Waals surface area contributed by atoms with Gasteiger partial charge in [-0.1, -0.05) is 32.9 Å². The van der Waals surface area contributed by atoms with Crippen molar-refractivity contribution in [1.82, 2.24) is 29.7 Å². The molecule has 1 amide bonds. The first kappa shape index (κ1) is 30.2. The van der Waals surface area contributed by atoms with Gasteiger partial charge in [-0.2, -0.15) is 0 Å². The number of ether oxygens (including phenoxy) is 2. The smallest absolute Gasteiger partial charge is 0.326 e. The normalized spacial score (nSPS) is 14.5. The predicted molar refractivity (Wildman–Crippen MR) is 149 cm³/mol. The quantitative estimate of drug-likeness (QED) is 0.233. The SMILES string of the molecule is CCOC(=O)C(C)(C)N[P@](=O)(CO[C@H](C)Cn1cnc2c(N)ncnc21)NC(=O)c1ccc(C(C)(C)C)cc1. The number of nitrogens with zero attached hydrogens (tertiary/aromatic N) is 4. The van der Waals surface area contributed by atoms with Crippen LogP contribution in [-0.4, -0.2) is 56.0 Å². The summed E-state index contributed by atoms with van der Waals surface area (Å²) >= 11 is 0. The van der Waals surface area contributed by atoms with Gasteiger partial charge in [0.05, 0.1) is 25.6 Å². The van der Waals surface area contributed by atoms with E-state index in [1.54, 1.807) is 36.9 Å². The van der Waals surface area contributed by atoms with Gasteiger partial charge in [-0.25, -0.2) is 20.0 Å². The average Bonchev–Trinajstić information content (AvgIpc) is 3.26. The van der Waals surface area contributed by atoms with Crippen molar-refractivity contribution in [3.63, 3.8) is 0 Å². The highest BCUT2D eigenvalue weighted by atomic mass is 31.2. The molecule has 0 unspecified atom stereocenters. The van der Waals surface area contributed by atoms with Gasteiger partial charge in [0.15, 0.2) is 11.5 Å². The van der Waals surface area contributed by atoms with Crippen LogP contribution in [0.2, 0.25) is 0 Å². The van der Waals surface area contributed by atoms with Gasteiger partial charge in [0, 0.05) is 5.56 Å². The molecule has 39 heavy (non-hydrogen) atoms. The molecule has 12 nitrogen and oxygen atoms in total. The molecule has 13 heteroatoms. The molecular formula is C26H38N7O5P. The fourth-order valence-corrected chi connectivity index (χ4v) is 5.95. The summed E-state index contributed by atoms with van der Waals surface area (Å²) < 4.78 is 26.9. The van der Waals surface area contributed by atoms with Crippen molar-refractivity contribution in [1.29, 1.82) is 0 Å². The van der Waals surface area contributed by atoms with Gasteiger partial charge < -0.3 is 19.8 Å². The second-order valence-corrected chi connectivity index (χ2v) is 13.1. The van der Waals surface area contributed by atoms with Gasteiger partial charge in [-0.05, 0) is 50.8 Å². The molecule has 2 aromatic heterocycles. The maximum atomic E-state index is 14.1. The van der Waals surface area contributed by atoms with Crippen LogP contribution in [0.3, 0.4) is 0 Å². The molecule has 0 aliphatic heterocycles. The van der Waals surface area contributed by atoms with Crippen molar-refractivity contribution in [3.05, 3.63) is 48.0 Å². The van der Waals surface area contributed by atoms with Crippen molar-refractivity contribution in [2.24, 2.45) is 0 Å². The van der Waals surface area contributed by atoms with Crippen molar-refractivity contribution in [2.45, 2.75) is 72.1 Å². The summed E-state index contributed by atoms with van der Waals surface area (Å²) in [5, 5.41) is 5.40. The first-order valence-corrected chi connectivity index (χ1v) is 14.6. The summed E-state index contributed by atoms with van der Waals surface area (Å²) in [6.45, 7) is 13.2. The van der Waals surface area contributed by atoms with Crippen molar-refractivity contribution in [3.8, 4) is 0 Å². The zero-order chi connectivity index (χ0) is 29.0. The largest absolute Gasteiger partial charge is 0.465 e. The number of benzene rings is 1. The first-order chi connectivity index (χ1) is 18.1.